The lowest BCUT2D eigenvalue weighted by atomic mass is 9.95. The third-order valence-electron chi connectivity index (χ3n) is 4.03. The summed E-state index contributed by atoms with van der Waals surface area (Å²) >= 11 is 0. The summed E-state index contributed by atoms with van der Waals surface area (Å²) in [5.74, 6) is -0.167. The van der Waals surface area contributed by atoms with Crippen molar-refractivity contribution in [3.63, 3.8) is 0 Å². The number of methoxy groups -OCH3 is 2. The van der Waals surface area contributed by atoms with E-state index in [2.05, 4.69) is 5.32 Å². The number of hydrogen-bond acceptors (Lipinski definition) is 4. The minimum atomic E-state index is -0.546. The van der Waals surface area contributed by atoms with Crippen LogP contribution in [0.15, 0.2) is 12.1 Å². The second-order valence-corrected chi connectivity index (χ2v) is 5.21. The Morgan fingerprint density at radius 2 is 2.05 bits per heavy atom. The first-order valence-corrected chi connectivity index (χ1v) is 7.03. The molecule has 0 aliphatic heterocycles. The van der Waals surface area contributed by atoms with Gasteiger partial charge in [-0.05, 0) is 25.3 Å². The van der Waals surface area contributed by atoms with Crippen LogP contribution >= 0.6 is 0 Å². The molecular weight excluding hydrogens is 275 g/mol. The molecule has 0 bridgehead atoms. The Morgan fingerprint density at radius 3 is 2.67 bits per heavy atom. The number of hydrogen-bond donors (Lipinski definition) is 2. The molecule has 6 heteroatoms. The van der Waals surface area contributed by atoms with E-state index in [0.717, 1.165) is 19.3 Å². The number of amides is 1. The summed E-state index contributed by atoms with van der Waals surface area (Å²) in [4.78, 5) is 12.3. The first-order valence-electron chi connectivity index (χ1n) is 7.03. The first kappa shape index (κ1) is 15.6. The highest BCUT2D eigenvalue weighted by Gasteiger charge is 2.32. The Hall–Kier alpha value is -1.82. The molecule has 1 aliphatic carbocycles. The number of benzene rings is 1. The molecule has 0 unspecified atom stereocenters. The second-order valence-electron chi connectivity index (χ2n) is 5.21. The minimum Gasteiger partial charge on any atom is -0.494 e. The summed E-state index contributed by atoms with van der Waals surface area (Å²) in [6, 6.07) is 2.63. The zero-order valence-corrected chi connectivity index (χ0v) is 12.3. The van der Waals surface area contributed by atoms with Gasteiger partial charge in [-0.2, -0.15) is 0 Å². The summed E-state index contributed by atoms with van der Waals surface area (Å²) in [7, 11) is 2.83. The van der Waals surface area contributed by atoms with E-state index in [0.29, 0.717) is 18.0 Å². The van der Waals surface area contributed by atoms with Gasteiger partial charge in [0.05, 0.1) is 19.9 Å². The van der Waals surface area contributed by atoms with Crippen LogP contribution in [-0.2, 0) is 4.79 Å². The maximum atomic E-state index is 13.8. The zero-order chi connectivity index (χ0) is 15.4. The molecule has 0 spiro atoms. The highest BCUT2D eigenvalue weighted by Crippen LogP contribution is 2.35. The van der Waals surface area contributed by atoms with Gasteiger partial charge in [0.2, 0.25) is 5.91 Å². The fourth-order valence-electron chi connectivity index (χ4n) is 2.85. The van der Waals surface area contributed by atoms with E-state index in [4.69, 9.17) is 15.2 Å². The maximum absolute atomic E-state index is 13.8. The monoisotopic (exact) mass is 296 g/mol. The molecule has 2 rings (SSSR count). The number of carbonyl (C=O) groups is 1. The van der Waals surface area contributed by atoms with Crippen LogP contribution in [0.3, 0.4) is 0 Å². The molecule has 0 aromatic heterocycles. The van der Waals surface area contributed by atoms with Gasteiger partial charge in [-0.1, -0.05) is 6.42 Å². The van der Waals surface area contributed by atoms with Gasteiger partial charge in [-0.15, -0.1) is 0 Å². The molecular formula is C15H21FN2O3. The third kappa shape index (κ3) is 3.26. The van der Waals surface area contributed by atoms with Crippen LogP contribution in [-0.4, -0.2) is 26.7 Å². The lowest BCUT2D eigenvalue weighted by Crippen LogP contribution is -2.29. The topological polar surface area (TPSA) is 73.6 Å². The third-order valence-corrected chi connectivity index (χ3v) is 4.03. The van der Waals surface area contributed by atoms with E-state index in [-0.39, 0.29) is 23.5 Å². The van der Waals surface area contributed by atoms with Gasteiger partial charge in [0, 0.05) is 18.1 Å². The largest absolute Gasteiger partial charge is 0.494 e. The van der Waals surface area contributed by atoms with Crippen LogP contribution in [0.25, 0.3) is 0 Å². The normalized spacial score (nSPS) is 21.1. The van der Waals surface area contributed by atoms with Crippen LogP contribution in [0.1, 0.15) is 19.3 Å². The van der Waals surface area contributed by atoms with Crippen molar-refractivity contribution in [1.82, 2.24) is 0 Å². The minimum absolute atomic E-state index is 0.0746. The van der Waals surface area contributed by atoms with Gasteiger partial charge in [0.25, 0.3) is 0 Å². The lowest BCUT2D eigenvalue weighted by Gasteiger charge is -2.19. The number of halogens is 1. The van der Waals surface area contributed by atoms with Crippen molar-refractivity contribution in [2.45, 2.75) is 19.3 Å². The highest BCUT2D eigenvalue weighted by atomic mass is 19.1. The quantitative estimate of drug-likeness (QED) is 0.873. The van der Waals surface area contributed by atoms with Crippen molar-refractivity contribution in [2.75, 3.05) is 26.1 Å². The average molecular weight is 296 g/mol. The molecule has 116 valence electrons. The van der Waals surface area contributed by atoms with E-state index in [1.54, 1.807) is 0 Å². The van der Waals surface area contributed by atoms with Gasteiger partial charge in [0.15, 0.2) is 11.6 Å². The molecule has 3 N–H and O–H groups in total. The summed E-state index contributed by atoms with van der Waals surface area (Å²) in [6.45, 7) is 0.492. The molecule has 1 saturated carbocycles. The Morgan fingerprint density at radius 1 is 1.33 bits per heavy atom. The van der Waals surface area contributed by atoms with Gasteiger partial charge >= 0.3 is 0 Å². The molecule has 1 aromatic rings. The number of ether oxygens (including phenoxy) is 2. The molecule has 1 aliphatic rings. The fourth-order valence-corrected chi connectivity index (χ4v) is 2.85. The molecule has 1 aromatic carbocycles. The molecule has 1 fully saturated rings. The number of anilines is 1. The summed E-state index contributed by atoms with van der Waals surface area (Å²) in [6.07, 6.45) is 2.77. The van der Waals surface area contributed by atoms with Crippen LogP contribution < -0.4 is 20.5 Å². The molecule has 0 saturated heterocycles. The van der Waals surface area contributed by atoms with Gasteiger partial charge in [-0.25, -0.2) is 4.39 Å². The van der Waals surface area contributed by atoms with Crippen molar-refractivity contribution in [1.29, 1.82) is 0 Å². The van der Waals surface area contributed by atoms with Crippen molar-refractivity contribution < 1.29 is 18.7 Å². The lowest BCUT2D eigenvalue weighted by molar-refractivity contribution is -0.120. The first-order chi connectivity index (χ1) is 10.1. The second kappa shape index (κ2) is 6.76. The molecule has 5 nitrogen and oxygen atoms in total. The van der Waals surface area contributed by atoms with Crippen molar-refractivity contribution in [3.8, 4) is 11.5 Å². The zero-order valence-electron chi connectivity index (χ0n) is 12.3. The van der Waals surface area contributed by atoms with E-state index in [1.165, 1.54) is 26.4 Å². The van der Waals surface area contributed by atoms with E-state index < -0.39 is 5.82 Å². The van der Waals surface area contributed by atoms with Gasteiger partial charge in [0.1, 0.15) is 5.75 Å². The molecule has 21 heavy (non-hydrogen) atoms. The summed E-state index contributed by atoms with van der Waals surface area (Å²) < 4.78 is 23.9. The van der Waals surface area contributed by atoms with E-state index >= 15 is 0 Å². The van der Waals surface area contributed by atoms with Crippen molar-refractivity contribution >= 4 is 11.6 Å². The number of nitrogens with two attached hydrogens (primary N) is 1. The standard InChI is InChI=1S/C15H21FN2O3/c1-20-13-7-14(21-2)12(6-11(13)16)18-15(19)10-5-3-4-9(10)8-17/h6-7,9-10H,3-5,8,17H2,1-2H3,(H,18,19)/t9-,10-/m1/s1. The SMILES string of the molecule is COc1cc(OC)c(NC(=O)[C@@H]2CCC[C@@H]2CN)cc1F. The number of nitrogens with one attached hydrogen (secondary N) is 1. The smallest absolute Gasteiger partial charge is 0.227 e. The van der Waals surface area contributed by atoms with Crippen molar-refractivity contribution in [2.24, 2.45) is 17.6 Å². The number of rotatable bonds is 5. The van der Waals surface area contributed by atoms with Crippen LogP contribution in [0, 0.1) is 17.7 Å². The average Bonchev–Trinajstić information content (AvgIpc) is 2.96. The Balaban J connectivity index is 2.18. The Bertz CT molecular complexity index is 522. The fraction of sp³-hybridized carbons (Fsp3) is 0.533. The predicted molar refractivity (Wildman–Crippen MR) is 78.0 cm³/mol. The molecule has 2 atom stereocenters. The molecule has 1 amide bonds. The molecule has 0 radical (unpaired) electrons. The Labute approximate surface area is 123 Å². The summed E-state index contributed by atoms with van der Waals surface area (Å²) in [5, 5.41) is 2.74. The number of carbonyl (C=O) groups excluding carboxylic acids is 1. The van der Waals surface area contributed by atoms with Gasteiger partial charge in [-0.3, -0.25) is 4.79 Å². The van der Waals surface area contributed by atoms with E-state index in [1.807, 2.05) is 0 Å². The highest BCUT2D eigenvalue weighted by molar-refractivity contribution is 5.94. The van der Waals surface area contributed by atoms with Gasteiger partial charge < -0.3 is 20.5 Å². The predicted octanol–water partition coefficient (Wildman–Crippen LogP) is 2.16. The summed E-state index contributed by atoms with van der Waals surface area (Å²) in [5.41, 5.74) is 6.00. The van der Waals surface area contributed by atoms with Crippen LogP contribution in [0.5, 0.6) is 11.5 Å². The molecule has 0 heterocycles. The van der Waals surface area contributed by atoms with E-state index in [9.17, 15) is 9.18 Å². The van der Waals surface area contributed by atoms with Crippen LogP contribution in [0.4, 0.5) is 10.1 Å². The van der Waals surface area contributed by atoms with Crippen molar-refractivity contribution in [3.05, 3.63) is 17.9 Å². The Kier molecular flexibility index (Phi) is 5.01. The van der Waals surface area contributed by atoms with Crippen LogP contribution in [0.2, 0.25) is 0 Å². The maximum Gasteiger partial charge on any atom is 0.227 e.